The van der Waals surface area contributed by atoms with Gasteiger partial charge in [0.05, 0.1) is 13.2 Å². The first-order valence-corrected chi connectivity index (χ1v) is 8.24. The summed E-state index contributed by atoms with van der Waals surface area (Å²) in [5, 5.41) is 5.38. The first-order chi connectivity index (χ1) is 8.83. The van der Waals surface area contributed by atoms with Crippen LogP contribution in [0.15, 0.2) is 4.99 Å². The maximum absolute atomic E-state index is 5.50. The molecule has 4 heteroatoms. The highest BCUT2D eigenvalue weighted by Crippen LogP contribution is 2.30. The van der Waals surface area contributed by atoms with Crippen molar-refractivity contribution in [2.45, 2.75) is 44.8 Å². The minimum Gasteiger partial charge on any atom is -0.381 e. The van der Waals surface area contributed by atoms with E-state index >= 15 is 0 Å². The smallest absolute Gasteiger partial charge is 0.156 e. The van der Waals surface area contributed by atoms with E-state index in [1.165, 1.54) is 25.7 Å². The SMILES string of the molecule is CCC(CC)C1CN=C(NCC2CCCOC2)S1. The normalized spacial score (nSPS) is 28.5. The van der Waals surface area contributed by atoms with Gasteiger partial charge in [0.15, 0.2) is 5.17 Å². The number of nitrogens with zero attached hydrogens (tertiary/aromatic N) is 1. The molecule has 0 aromatic rings. The first kappa shape index (κ1) is 14.2. The average Bonchev–Trinajstić information content (AvgIpc) is 2.88. The molecule has 0 aromatic heterocycles. The molecule has 2 atom stereocenters. The van der Waals surface area contributed by atoms with Gasteiger partial charge in [0.25, 0.3) is 0 Å². The average molecular weight is 270 g/mol. The topological polar surface area (TPSA) is 33.6 Å². The first-order valence-electron chi connectivity index (χ1n) is 7.36. The molecule has 2 rings (SSSR count). The predicted octanol–water partition coefficient (Wildman–Crippen LogP) is 2.91. The van der Waals surface area contributed by atoms with Crippen LogP contribution in [-0.4, -0.2) is 36.7 Å². The lowest BCUT2D eigenvalue weighted by Gasteiger charge is -2.23. The molecule has 0 amide bonds. The van der Waals surface area contributed by atoms with Crippen molar-refractivity contribution in [3.05, 3.63) is 0 Å². The number of aliphatic imine (C=N–C) groups is 1. The Bertz CT molecular complexity index is 273. The molecule has 0 aromatic carbocycles. The largest absolute Gasteiger partial charge is 0.381 e. The molecule has 0 saturated carbocycles. The van der Waals surface area contributed by atoms with Crippen molar-refractivity contribution in [2.24, 2.45) is 16.8 Å². The van der Waals surface area contributed by atoms with Crippen molar-refractivity contribution in [3.8, 4) is 0 Å². The number of nitrogens with one attached hydrogen (secondary N) is 1. The molecule has 104 valence electrons. The monoisotopic (exact) mass is 270 g/mol. The van der Waals surface area contributed by atoms with E-state index in [1.807, 2.05) is 11.8 Å². The van der Waals surface area contributed by atoms with E-state index in [1.54, 1.807) is 0 Å². The second-order valence-corrected chi connectivity index (χ2v) is 6.57. The van der Waals surface area contributed by atoms with Crippen LogP contribution in [0.25, 0.3) is 0 Å². The van der Waals surface area contributed by atoms with E-state index in [2.05, 4.69) is 24.2 Å². The van der Waals surface area contributed by atoms with Crippen LogP contribution in [0.5, 0.6) is 0 Å². The molecule has 1 N–H and O–H groups in total. The molecule has 1 fully saturated rings. The number of thioether (sulfide) groups is 1. The third-order valence-corrected chi connectivity index (χ3v) is 5.38. The molecule has 2 aliphatic rings. The maximum atomic E-state index is 5.50. The standard InChI is InChI=1S/C14H26N2OS/c1-3-12(4-2)13-9-16-14(18-13)15-8-11-6-5-7-17-10-11/h11-13H,3-10H2,1-2H3,(H,15,16). The van der Waals surface area contributed by atoms with Crippen LogP contribution >= 0.6 is 11.8 Å². The van der Waals surface area contributed by atoms with Gasteiger partial charge >= 0.3 is 0 Å². The molecule has 2 aliphatic heterocycles. The zero-order valence-corrected chi connectivity index (χ0v) is 12.5. The molecule has 0 spiro atoms. The molecule has 0 radical (unpaired) electrons. The van der Waals surface area contributed by atoms with Crippen LogP contribution in [-0.2, 0) is 4.74 Å². The minimum atomic E-state index is 0.675. The lowest BCUT2D eigenvalue weighted by Crippen LogP contribution is -2.31. The van der Waals surface area contributed by atoms with Gasteiger partial charge in [-0.15, -0.1) is 0 Å². The van der Waals surface area contributed by atoms with Crippen LogP contribution in [0.1, 0.15) is 39.5 Å². The Kier molecular flexibility index (Phi) is 5.83. The van der Waals surface area contributed by atoms with E-state index in [4.69, 9.17) is 4.74 Å². The number of amidine groups is 1. The van der Waals surface area contributed by atoms with Gasteiger partial charge in [-0.1, -0.05) is 38.5 Å². The number of rotatable bonds is 5. The highest BCUT2D eigenvalue weighted by Gasteiger charge is 2.26. The Labute approximate surface area is 115 Å². The Hall–Kier alpha value is -0.220. The Balaban J connectivity index is 1.68. The molecule has 2 unspecified atom stereocenters. The van der Waals surface area contributed by atoms with Crippen LogP contribution in [0, 0.1) is 11.8 Å². The highest BCUT2D eigenvalue weighted by atomic mass is 32.2. The third-order valence-electron chi connectivity index (χ3n) is 4.05. The summed E-state index contributed by atoms with van der Waals surface area (Å²) < 4.78 is 5.50. The second kappa shape index (κ2) is 7.39. The number of hydrogen-bond acceptors (Lipinski definition) is 4. The molecule has 0 aliphatic carbocycles. The summed E-state index contributed by atoms with van der Waals surface area (Å²) in [6, 6.07) is 0. The fourth-order valence-corrected chi connectivity index (χ4v) is 4.08. The van der Waals surface area contributed by atoms with Crippen molar-refractivity contribution < 1.29 is 4.74 Å². The molecule has 3 nitrogen and oxygen atoms in total. The Morgan fingerprint density at radius 3 is 2.94 bits per heavy atom. The van der Waals surface area contributed by atoms with Gasteiger partial charge in [0.1, 0.15) is 0 Å². The van der Waals surface area contributed by atoms with E-state index in [0.717, 1.165) is 37.4 Å². The zero-order valence-electron chi connectivity index (χ0n) is 11.7. The fraction of sp³-hybridized carbons (Fsp3) is 0.929. The molecular formula is C14H26N2OS. The number of hydrogen-bond donors (Lipinski definition) is 1. The summed E-state index contributed by atoms with van der Waals surface area (Å²) in [6.07, 6.45) is 5.05. The molecule has 18 heavy (non-hydrogen) atoms. The minimum absolute atomic E-state index is 0.675. The summed E-state index contributed by atoms with van der Waals surface area (Å²) >= 11 is 1.95. The van der Waals surface area contributed by atoms with Crippen molar-refractivity contribution in [1.82, 2.24) is 5.32 Å². The van der Waals surface area contributed by atoms with Gasteiger partial charge in [0, 0.05) is 18.4 Å². The van der Waals surface area contributed by atoms with E-state index < -0.39 is 0 Å². The van der Waals surface area contributed by atoms with Gasteiger partial charge < -0.3 is 10.1 Å². The lowest BCUT2D eigenvalue weighted by atomic mass is 9.99. The fourth-order valence-electron chi connectivity index (χ4n) is 2.75. The van der Waals surface area contributed by atoms with E-state index in [9.17, 15) is 0 Å². The van der Waals surface area contributed by atoms with Gasteiger partial charge in [-0.05, 0) is 24.7 Å². The van der Waals surface area contributed by atoms with Gasteiger partial charge in [0.2, 0.25) is 0 Å². The Morgan fingerprint density at radius 1 is 1.44 bits per heavy atom. The lowest BCUT2D eigenvalue weighted by molar-refractivity contribution is 0.0565. The number of ether oxygens (including phenoxy) is 1. The van der Waals surface area contributed by atoms with Crippen molar-refractivity contribution in [2.75, 3.05) is 26.3 Å². The van der Waals surface area contributed by atoms with E-state index in [0.29, 0.717) is 11.2 Å². The third kappa shape index (κ3) is 3.89. The van der Waals surface area contributed by atoms with Crippen LogP contribution in [0.2, 0.25) is 0 Å². The maximum Gasteiger partial charge on any atom is 0.156 e. The molecule has 0 bridgehead atoms. The van der Waals surface area contributed by atoms with Crippen LogP contribution in [0.4, 0.5) is 0 Å². The molecule has 1 saturated heterocycles. The van der Waals surface area contributed by atoms with Crippen molar-refractivity contribution >= 4 is 16.9 Å². The van der Waals surface area contributed by atoms with Gasteiger partial charge in [-0.25, -0.2) is 0 Å². The highest BCUT2D eigenvalue weighted by molar-refractivity contribution is 8.14. The Morgan fingerprint density at radius 2 is 2.28 bits per heavy atom. The van der Waals surface area contributed by atoms with E-state index in [-0.39, 0.29) is 0 Å². The molecule has 2 heterocycles. The van der Waals surface area contributed by atoms with Crippen molar-refractivity contribution in [1.29, 1.82) is 0 Å². The van der Waals surface area contributed by atoms with Crippen LogP contribution in [0.3, 0.4) is 0 Å². The summed E-state index contributed by atoms with van der Waals surface area (Å²) in [4.78, 5) is 4.65. The van der Waals surface area contributed by atoms with Crippen LogP contribution < -0.4 is 5.32 Å². The second-order valence-electron chi connectivity index (χ2n) is 5.34. The summed E-state index contributed by atoms with van der Waals surface area (Å²) in [5.74, 6) is 1.49. The summed E-state index contributed by atoms with van der Waals surface area (Å²) in [7, 11) is 0. The zero-order chi connectivity index (χ0) is 12.8. The van der Waals surface area contributed by atoms with Crippen molar-refractivity contribution in [3.63, 3.8) is 0 Å². The predicted molar refractivity (Wildman–Crippen MR) is 79.3 cm³/mol. The quantitative estimate of drug-likeness (QED) is 0.834. The van der Waals surface area contributed by atoms with Gasteiger partial charge in [-0.2, -0.15) is 0 Å². The van der Waals surface area contributed by atoms with Gasteiger partial charge in [-0.3, -0.25) is 4.99 Å². The molecular weight excluding hydrogens is 244 g/mol. The summed E-state index contributed by atoms with van der Waals surface area (Å²) in [6.45, 7) is 8.48. The summed E-state index contributed by atoms with van der Waals surface area (Å²) in [5.41, 5.74) is 0.